The number of rotatable bonds is 6. The fourth-order valence-electron chi connectivity index (χ4n) is 2.45. The van der Waals surface area contributed by atoms with Crippen LogP contribution in [-0.2, 0) is 13.2 Å². The van der Waals surface area contributed by atoms with E-state index in [0.717, 1.165) is 18.3 Å². The normalized spacial score (nSPS) is 14.5. The predicted molar refractivity (Wildman–Crippen MR) is 84.4 cm³/mol. The quantitative estimate of drug-likeness (QED) is 0.860. The number of ether oxygens (including phenoxy) is 1. The van der Waals surface area contributed by atoms with E-state index in [9.17, 15) is 0 Å². The standard InChI is InChI=1S/C17H21NOS/c1-12-7-15(9-18-16-3-4-16)8-13(2)17(12)19-10-14-5-6-20-11-14/h5-8,11,16,18H,3-4,9-10H2,1-2H3. The summed E-state index contributed by atoms with van der Waals surface area (Å²) in [6, 6.07) is 7.35. The lowest BCUT2D eigenvalue weighted by atomic mass is 10.1. The van der Waals surface area contributed by atoms with Crippen LogP contribution in [0.2, 0.25) is 0 Å². The number of thiophene rings is 1. The molecule has 1 aliphatic rings. The number of nitrogens with one attached hydrogen (secondary N) is 1. The van der Waals surface area contributed by atoms with Crippen molar-refractivity contribution in [2.45, 2.75) is 45.9 Å². The molecule has 0 amide bonds. The molecule has 1 aromatic heterocycles. The van der Waals surface area contributed by atoms with Crippen molar-refractivity contribution in [3.05, 3.63) is 51.2 Å². The molecule has 1 aliphatic carbocycles. The summed E-state index contributed by atoms with van der Waals surface area (Å²) >= 11 is 1.71. The lowest BCUT2D eigenvalue weighted by Gasteiger charge is -2.14. The molecule has 1 N–H and O–H groups in total. The molecular formula is C17H21NOS. The van der Waals surface area contributed by atoms with Crippen LogP contribution in [-0.4, -0.2) is 6.04 Å². The van der Waals surface area contributed by atoms with Gasteiger partial charge in [-0.1, -0.05) is 12.1 Å². The molecule has 0 aliphatic heterocycles. The highest BCUT2D eigenvalue weighted by Crippen LogP contribution is 2.27. The molecule has 1 heterocycles. The van der Waals surface area contributed by atoms with Crippen molar-refractivity contribution in [2.24, 2.45) is 0 Å². The largest absolute Gasteiger partial charge is 0.488 e. The van der Waals surface area contributed by atoms with E-state index >= 15 is 0 Å². The highest BCUT2D eigenvalue weighted by molar-refractivity contribution is 7.07. The summed E-state index contributed by atoms with van der Waals surface area (Å²) in [4.78, 5) is 0. The van der Waals surface area contributed by atoms with Crippen molar-refractivity contribution >= 4 is 11.3 Å². The lowest BCUT2D eigenvalue weighted by molar-refractivity contribution is 0.302. The van der Waals surface area contributed by atoms with Crippen LogP contribution in [0.15, 0.2) is 29.0 Å². The molecule has 1 aromatic carbocycles. The van der Waals surface area contributed by atoms with Gasteiger partial charge in [-0.05, 0) is 65.8 Å². The Morgan fingerprint density at radius 3 is 2.55 bits per heavy atom. The number of aryl methyl sites for hydroxylation is 2. The number of benzene rings is 1. The van der Waals surface area contributed by atoms with E-state index < -0.39 is 0 Å². The molecule has 0 bridgehead atoms. The van der Waals surface area contributed by atoms with Crippen LogP contribution < -0.4 is 10.1 Å². The van der Waals surface area contributed by atoms with E-state index in [2.05, 4.69) is 48.1 Å². The molecular weight excluding hydrogens is 266 g/mol. The van der Waals surface area contributed by atoms with Gasteiger partial charge in [0.1, 0.15) is 12.4 Å². The van der Waals surface area contributed by atoms with Gasteiger partial charge in [0.25, 0.3) is 0 Å². The Labute approximate surface area is 124 Å². The molecule has 3 heteroatoms. The Kier molecular flexibility index (Phi) is 4.08. The second-order valence-corrected chi connectivity index (χ2v) is 6.41. The van der Waals surface area contributed by atoms with E-state index in [-0.39, 0.29) is 0 Å². The summed E-state index contributed by atoms with van der Waals surface area (Å²) in [6.45, 7) is 5.90. The molecule has 106 valence electrons. The van der Waals surface area contributed by atoms with Crippen LogP contribution in [0.1, 0.15) is 35.1 Å². The zero-order valence-corrected chi connectivity index (χ0v) is 12.9. The Morgan fingerprint density at radius 1 is 1.20 bits per heavy atom. The van der Waals surface area contributed by atoms with Crippen molar-refractivity contribution < 1.29 is 4.74 Å². The summed E-state index contributed by atoms with van der Waals surface area (Å²) in [5.74, 6) is 1.03. The van der Waals surface area contributed by atoms with Crippen LogP contribution in [0.4, 0.5) is 0 Å². The SMILES string of the molecule is Cc1cc(CNC2CC2)cc(C)c1OCc1ccsc1. The van der Waals surface area contributed by atoms with Crippen molar-refractivity contribution in [2.75, 3.05) is 0 Å². The zero-order valence-electron chi connectivity index (χ0n) is 12.1. The number of hydrogen-bond donors (Lipinski definition) is 1. The third-order valence-electron chi connectivity index (χ3n) is 3.66. The monoisotopic (exact) mass is 287 g/mol. The van der Waals surface area contributed by atoms with Crippen LogP contribution >= 0.6 is 11.3 Å². The molecule has 0 spiro atoms. The van der Waals surface area contributed by atoms with Gasteiger partial charge < -0.3 is 10.1 Å². The second kappa shape index (κ2) is 5.98. The summed E-state index contributed by atoms with van der Waals surface area (Å²) in [7, 11) is 0. The van der Waals surface area contributed by atoms with Crippen LogP contribution in [0.25, 0.3) is 0 Å². The van der Waals surface area contributed by atoms with Gasteiger partial charge in [-0.2, -0.15) is 11.3 Å². The first-order chi connectivity index (χ1) is 9.72. The molecule has 2 aromatic rings. The first kappa shape index (κ1) is 13.7. The van der Waals surface area contributed by atoms with Crippen molar-refractivity contribution in [3.8, 4) is 5.75 Å². The van der Waals surface area contributed by atoms with Gasteiger partial charge in [-0.25, -0.2) is 0 Å². The van der Waals surface area contributed by atoms with E-state index in [1.165, 1.54) is 35.1 Å². The molecule has 0 radical (unpaired) electrons. The van der Waals surface area contributed by atoms with Gasteiger partial charge >= 0.3 is 0 Å². The highest BCUT2D eigenvalue weighted by Gasteiger charge is 2.20. The van der Waals surface area contributed by atoms with Crippen LogP contribution in [0, 0.1) is 13.8 Å². The molecule has 1 saturated carbocycles. The Bertz CT molecular complexity index is 550. The fraction of sp³-hybridized carbons (Fsp3) is 0.412. The first-order valence-electron chi connectivity index (χ1n) is 7.20. The Hall–Kier alpha value is -1.32. The van der Waals surface area contributed by atoms with E-state index in [1.54, 1.807) is 11.3 Å². The van der Waals surface area contributed by atoms with Crippen molar-refractivity contribution in [1.29, 1.82) is 0 Å². The molecule has 0 atom stereocenters. The summed E-state index contributed by atoms with van der Waals surface area (Å²) in [5.41, 5.74) is 5.06. The Morgan fingerprint density at radius 2 is 1.95 bits per heavy atom. The minimum absolute atomic E-state index is 0.658. The molecule has 1 fully saturated rings. The summed E-state index contributed by atoms with van der Waals surface area (Å²) in [5, 5.41) is 7.79. The van der Waals surface area contributed by atoms with Gasteiger partial charge in [-0.15, -0.1) is 0 Å². The lowest BCUT2D eigenvalue weighted by Crippen LogP contribution is -2.15. The van der Waals surface area contributed by atoms with Gasteiger partial charge in [0.2, 0.25) is 0 Å². The third kappa shape index (κ3) is 3.41. The smallest absolute Gasteiger partial charge is 0.125 e. The number of hydrogen-bond acceptors (Lipinski definition) is 3. The first-order valence-corrected chi connectivity index (χ1v) is 8.14. The van der Waals surface area contributed by atoms with Gasteiger partial charge in [0, 0.05) is 12.6 Å². The van der Waals surface area contributed by atoms with E-state index in [4.69, 9.17) is 4.74 Å². The second-order valence-electron chi connectivity index (χ2n) is 5.63. The average Bonchev–Trinajstić information content (AvgIpc) is 3.10. The maximum absolute atomic E-state index is 5.99. The third-order valence-corrected chi connectivity index (χ3v) is 4.39. The van der Waals surface area contributed by atoms with Gasteiger partial charge in [0.15, 0.2) is 0 Å². The van der Waals surface area contributed by atoms with E-state index in [1.807, 2.05) is 0 Å². The molecule has 3 rings (SSSR count). The minimum Gasteiger partial charge on any atom is -0.488 e. The maximum atomic E-state index is 5.99. The van der Waals surface area contributed by atoms with Crippen LogP contribution in [0.3, 0.4) is 0 Å². The van der Waals surface area contributed by atoms with Crippen LogP contribution in [0.5, 0.6) is 5.75 Å². The molecule has 0 saturated heterocycles. The predicted octanol–water partition coefficient (Wildman–Crippen LogP) is 4.20. The van der Waals surface area contributed by atoms with Crippen molar-refractivity contribution in [1.82, 2.24) is 5.32 Å². The fourth-order valence-corrected chi connectivity index (χ4v) is 3.10. The summed E-state index contributed by atoms with van der Waals surface area (Å²) < 4.78 is 5.99. The van der Waals surface area contributed by atoms with Gasteiger partial charge in [0.05, 0.1) is 0 Å². The highest BCUT2D eigenvalue weighted by atomic mass is 32.1. The van der Waals surface area contributed by atoms with Gasteiger partial charge in [-0.3, -0.25) is 0 Å². The molecule has 0 unspecified atom stereocenters. The topological polar surface area (TPSA) is 21.3 Å². The molecule has 2 nitrogen and oxygen atoms in total. The van der Waals surface area contributed by atoms with E-state index in [0.29, 0.717) is 6.61 Å². The Balaban J connectivity index is 1.67. The zero-order chi connectivity index (χ0) is 13.9. The average molecular weight is 287 g/mol. The maximum Gasteiger partial charge on any atom is 0.125 e. The summed E-state index contributed by atoms with van der Waals surface area (Å²) in [6.07, 6.45) is 2.67. The molecule has 20 heavy (non-hydrogen) atoms. The minimum atomic E-state index is 0.658. The van der Waals surface area contributed by atoms with Crippen molar-refractivity contribution in [3.63, 3.8) is 0 Å².